The fraction of sp³-hybridized carbons (Fsp3) is 0.619. The fourth-order valence-electron chi connectivity index (χ4n) is 10.3. The normalized spacial score (nSPS) is 30.3. The van der Waals surface area contributed by atoms with Crippen molar-refractivity contribution in [3.05, 3.63) is 79.6 Å². The monoisotopic (exact) mass is 742 g/mol. The second-order valence-corrected chi connectivity index (χ2v) is 16.0. The van der Waals surface area contributed by atoms with Crippen molar-refractivity contribution in [2.45, 2.75) is 116 Å². The summed E-state index contributed by atoms with van der Waals surface area (Å²) in [5.74, 6) is -0.0656. The Morgan fingerprint density at radius 3 is 1.37 bits per heavy atom. The maximum atomic E-state index is 13.0. The van der Waals surface area contributed by atoms with Gasteiger partial charge in [-0.25, -0.2) is 0 Å². The quantitative estimate of drug-likeness (QED) is 0.291. The Balaban J connectivity index is 0.000000167. The van der Waals surface area contributed by atoms with E-state index in [0.717, 1.165) is 37.1 Å². The molecule has 2 saturated heterocycles. The predicted molar refractivity (Wildman–Crippen MR) is 208 cm³/mol. The largest absolute Gasteiger partial charge is 0.396 e. The lowest BCUT2D eigenvalue weighted by Crippen LogP contribution is -2.52. The minimum Gasteiger partial charge on any atom is -0.396 e. The number of carbonyl (C=O) groups excluding carboxylic acids is 2. The van der Waals surface area contributed by atoms with Crippen LogP contribution in [0.25, 0.3) is 12.2 Å². The van der Waals surface area contributed by atoms with E-state index < -0.39 is 0 Å². The fourth-order valence-corrected chi connectivity index (χ4v) is 10.3. The van der Waals surface area contributed by atoms with Crippen LogP contribution in [0.2, 0.25) is 0 Å². The van der Waals surface area contributed by atoms with Crippen molar-refractivity contribution in [2.75, 3.05) is 26.3 Å². The Hall–Kier alpha value is -3.84. The highest BCUT2D eigenvalue weighted by atomic mass is 16.3. The van der Waals surface area contributed by atoms with E-state index in [4.69, 9.17) is 0 Å². The van der Waals surface area contributed by atoms with E-state index in [2.05, 4.69) is 34.3 Å². The number of likely N-dealkylation sites (N-methyl/N-ethyl adjacent to an activating group) is 2. The number of aliphatic hydroxyl groups excluding tert-OH is 2. The van der Waals surface area contributed by atoms with Gasteiger partial charge in [0.1, 0.15) is 0 Å². The van der Waals surface area contributed by atoms with Gasteiger partial charge in [-0.3, -0.25) is 29.0 Å². The molecular weight excluding hydrogens is 684 g/mol. The Morgan fingerprint density at radius 2 is 1.07 bits per heavy atom. The number of nitrogens with one attached hydrogen (secondary N) is 2. The summed E-state index contributed by atoms with van der Waals surface area (Å²) in [6.45, 7) is 10.4. The van der Waals surface area contributed by atoms with Crippen LogP contribution in [0.5, 0.6) is 0 Å². The van der Waals surface area contributed by atoms with E-state index in [1.165, 1.54) is 12.8 Å². The van der Waals surface area contributed by atoms with Crippen LogP contribution in [0.4, 0.5) is 0 Å². The van der Waals surface area contributed by atoms with Crippen LogP contribution in [0.1, 0.15) is 101 Å². The molecule has 0 aromatic carbocycles. The molecule has 0 unspecified atom stereocenters. The summed E-state index contributed by atoms with van der Waals surface area (Å²) in [4.78, 5) is 56.0. The number of carbonyl (C=O) groups is 2. The zero-order valence-corrected chi connectivity index (χ0v) is 32.2. The third-order valence-corrected chi connectivity index (χ3v) is 13.3. The number of nitrogens with zero attached hydrogens (tertiary/aromatic N) is 4. The Morgan fingerprint density at radius 1 is 0.685 bits per heavy atom. The molecule has 0 spiro atoms. The molecule has 2 aromatic heterocycles. The number of hydrogen-bond acceptors (Lipinski definition) is 8. The Labute approximate surface area is 317 Å². The molecule has 6 heterocycles. The minimum absolute atomic E-state index is 0.0108. The first kappa shape index (κ1) is 38.4. The van der Waals surface area contributed by atoms with Crippen molar-refractivity contribution < 1.29 is 19.8 Å². The molecular formula is C42H58N6O6. The highest BCUT2D eigenvalue weighted by molar-refractivity contribution is 5.84. The Bertz CT molecular complexity index is 1760. The molecule has 6 aliphatic rings. The lowest BCUT2D eigenvalue weighted by Gasteiger charge is -2.33. The number of aliphatic hydroxyl groups is 2. The molecule has 54 heavy (non-hydrogen) atoms. The molecule has 2 amide bonds. The van der Waals surface area contributed by atoms with Crippen LogP contribution in [0.3, 0.4) is 0 Å². The smallest absolute Gasteiger partial charge is 0.258 e. The average molecular weight is 743 g/mol. The molecule has 2 aliphatic carbocycles. The number of hydrogen-bond donors (Lipinski definition) is 4. The Kier molecular flexibility index (Phi) is 11.5. The molecule has 4 fully saturated rings. The van der Waals surface area contributed by atoms with E-state index >= 15 is 0 Å². The maximum absolute atomic E-state index is 13.0. The molecule has 8 atom stereocenters. The summed E-state index contributed by atoms with van der Waals surface area (Å²) in [6.07, 6.45) is 13.9. The van der Waals surface area contributed by atoms with Crippen LogP contribution in [-0.4, -0.2) is 91.4 Å². The summed E-state index contributed by atoms with van der Waals surface area (Å²) < 4.78 is 3.69. The minimum atomic E-state index is -0.324. The first-order valence-corrected chi connectivity index (χ1v) is 20.3. The molecule has 2 aromatic rings. The topological polar surface area (TPSA) is 149 Å². The zero-order valence-electron chi connectivity index (χ0n) is 32.2. The molecule has 0 radical (unpaired) electrons. The van der Waals surface area contributed by atoms with E-state index in [1.807, 2.05) is 71.6 Å². The molecule has 12 heteroatoms. The van der Waals surface area contributed by atoms with Gasteiger partial charge in [0, 0.05) is 84.6 Å². The first-order chi connectivity index (χ1) is 26.2. The standard InChI is InChI=1S/2C21H29N3O3/c2*1-3-6-13-9-10-17-18-15(11-24(17)21(13)27)16(12-25)19(23(18)4-2)20(26)22-14-7-5-8-14/h2*3,6,9-10,14-16,18-19,25H,4-5,7-8,11-12H2,1-2H3,(H,22,26)/b6-3+;6-3-/t2*15-,16-,18+,19-/m11/s1. The van der Waals surface area contributed by atoms with Gasteiger partial charge in [0.25, 0.3) is 11.1 Å². The van der Waals surface area contributed by atoms with Gasteiger partial charge < -0.3 is 30.0 Å². The summed E-state index contributed by atoms with van der Waals surface area (Å²) in [6, 6.07) is 7.73. The van der Waals surface area contributed by atoms with Crippen molar-refractivity contribution in [1.29, 1.82) is 0 Å². The number of allylic oxidation sites excluding steroid dienone is 2. The molecule has 4 N–H and O–H groups in total. The number of fused-ring (bicyclic) bond motifs is 6. The van der Waals surface area contributed by atoms with Gasteiger partial charge in [0.2, 0.25) is 11.8 Å². The molecule has 0 bridgehead atoms. The third-order valence-electron chi connectivity index (χ3n) is 13.3. The van der Waals surface area contributed by atoms with Crippen molar-refractivity contribution >= 4 is 24.0 Å². The van der Waals surface area contributed by atoms with E-state index in [-0.39, 0.29) is 96.1 Å². The maximum Gasteiger partial charge on any atom is 0.258 e. The lowest BCUT2D eigenvalue weighted by atomic mass is 9.87. The summed E-state index contributed by atoms with van der Waals surface area (Å²) in [7, 11) is 0. The highest BCUT2D eigenvalue weighted by Gasteiger charge is 2.56. The van der Waals surface area contributed by atoms with E-state index in [1.54, 1.807) is 0 Å². The average Bonchev–Trinajstić information content (AvgIpc) is 3.87. The van der Waals surface area contributed by atoms with Crippen LogP contribution < -0.4 is 21.8 Å². The van der Waals surface area contributed by atoms with Gasteiger partial charge in [-0.15, -0.1) is 0 Å². The number of amides is 2. The van der Waals surface area contributed by atoms with Gasteiger partial charge in [0.05, 0.1) is 24.2 Å². The molecule has 8 rings (SSSR count). The second kappa shape index (κ2) is 16.1. The third kappa shape index (κ3) is 6.52. The molecule has 4 aliphatic heterocycles. The van der Waals surface area contributed by atoms with Crippen LogP contribution in [0, 0.1) is 23.7 Å². The first-order valence-electron chi connectivity index (χ1n) is 20.3. The second-order valence-electron chi connectivity index (χ2n) is 16.0. The van der Waals surface area contributed by atoms with Crippen molar-refractivity contribution in [1.82, 2.24) is 29.6 Å². The summed E-state index contributed by atoms with van der Waals surface area (Å²) in [5, 5.41) is 26.6. The van der Waals surface area contributed by atoms with Gasteiger partial charge in [-0.1, -0.05) is 38.2 Å². The van der Waals surface area contributed by atoms with Crippen molar-refractivity contribution in [2.24, 2.45) is 23.7 Å². The van der Waals surface area contributed by atoms with E-state index in [9.17, 15) is 29.4 Å². The van der Waals surface area contributed by atoms with E-state index in [0.29, 0.717) is 37.3 Å². The van der Waals surface area contributed by atoms with Gasteiger partial charge in [0.15, 0.2) is 0 Å². The molecule has 292 valence electrons. The van der Waals surface area contributed by atoms with Crippen molar-refractivity contribution in [3.8, 4) is 0 Å². The number of aromatic nitrogens is 2. The van der Waals surface area contributed by atoms with Crippen LogP contribution in [0.15, 0.2) is 46.0 Å². The van der Waals surface area contributed by atoms with Gasteiger partial charge in [-0.05, 0) is 89.7 Å². The van der Waals surface area contributed by atoms with Crippen LogP contribution >= 0.6 is 0 Å². The predicted octanol–water partition coefficient (Wildman–Crippen LogP) is 3.07. The van der Waals surface area contributed by atoms with Gasteiger partial charge >= 0.3 is 0 Å². The number of rotatable bonds is 10. The molecule has 12 nitrogen and oxygen atoms in total. The number of likely N-dealkylation sites (tertiary alicyclic amines) is 2. The van der Waals surface area contributed by atoms with Crippen molar-refractivity contribution in [3.63, 3.8) is 0 Å². The summed E-state index contributed by atoms with van der Waals surface area (Å²) in [5.41, 5.74) is 3.34. The molecule has 2 saturated carbocycles. The van der Waals surface area contributed by atoms with Crippen LogP contribution in [-0.2, 0) is 22.7 Å². The number of pyridine rings is 2. The van der Waals surface area contributed by atoms with Gasteiger partial charge in [-0.2, -0.15) is 0 Å². The SMILES string of the molecule is C/C=C/c1ccc2n(c1=O)C[C@@H]1[C@@H](CO)[C@H](C(=O)NC3CCC3)N(CC)[C@H]21.C/C=C\c1ccc2n(c1=O)C[C@@H]1[C@@H](CO)[C@H](C(=O)NC3CCC3)N(CC)[C@H]21. The zero-order chi connectivity index (χ0) is 38.3. The highest BCUT2D eigenvalue weighted by Crippen LogP contribution is 2.50. The lowest BCUT2D eigenvalue weighted by molar-refractivity contribution is -0.129. The summed E-state index contributed by atoms with van der Waals surface area (Å²) >= 11 is 0.